The van der Waals surface area contributed by atoms with E-state index in [0.717, 1.165) is 12.0 Å². The Bertz CT molecular complexity index is 168. The zero-order chi connectivity index (χ0) is 11.8. The minimum absolute atomic E-state index is 0.839. The Morgan fingerprint density at radius 1 is 1.25 bits per heavy atom. The van der Waals surface area contributed by atoms with Crippen molar-refractivity contribution >= 4 is 0 Å². The third kappa shape index (κ3) is 5.86. The van der Waals surface area contributed by atoms with Crippen LogP contribution in [0.15, 0.2) is 0 Å². The van der Waals surface area contributed by atoms with Gasteiger partial charge in [0, 0.05) is 6.04 Å². The fraction of sp³-hybridized carbons (Fsp3) is 1.00. The van der Waals surface area contributed by atoms with Gasteiger partial charge in [0.1, 0.15) is 0 Å². The summed E-state index contributed by atoms with van der Waals surface area (Å²) >= 11 is 0. The Hall–Kier alpha value is -0.0800. The van der Waals surface area contributed by atoms with Crippen molar-refractivity contribution in [1.29, 1.82) is 0 Å². The van der Waals surface area contributed by atoms with Crippen molar-refractivity contribution in [2.45, 2.75) is 58.4 Å². The second kappa shape index (κ2) is 8.08. The maximum atomic E-state index is 3.58. The highest BCUT2D eigenvalue weighted by Crippen LogP contribution is 2.16. The van der Waals surface area contributed by atoms with Crippen molar-refractivity contribution in [2.24, 2.45) is 5.92 Å². The molecule has 1 atom stereocenters. The van der Waals surface area contributed by atoms with E-state index in [1.54, 1.807) is 0 Å². The summed E-state index contributed by atoms with van der Waals surface area (Å²) in [7, 11) is 2.28. The highest BCUT2D eigenvalue weighted by Gasteiger charge is 2.17. The molecule has 0 amide bonds. The van der Waals surface area contributed by atoms with Crippen molar-refractivity contribution < 1.29 is 0 Å². The third-order valence-electron chi connectivity index (χ3n) is 3.71. The van der Waals surface area contributed by atoms with Crippen molar-refractivity contribution in [1.82, 2.24) is 10.2 Å². The van der Waals surface area contributed by atoms with Gasteiger partial charge in [-0.05, 0) is 64.7 Å². The number of hydrogen-bond donors (Lipinski definition) is 1. The van der Waals surface area contributed by atoms with Crippen molar-refractivity contribution in [2.75, 3.05) is 26.7 Å². The lowest BCUT2D eigenvalue weighted by Gasteiger charge is -2.32. The van der Waals surface area contributed by atoms with Crippen LogP contribution in [0.1, 0.15) is 52.4 Å². The monoisotopic (exact) mass is 226 g/mol. The molecule has 0 spiro atoms. The fourth-order valence-electron chi connectivity index (χ4n) is 2.54. The standard InChI is InChI=1S/C14H30N2/c1-13(2)7-6-10-15-11-9-14-8-4-5-12-16(14)3/h13-15H,4-12H2,1-3H3. The summed E-state index contributed by atoms with van der Waals surface area (Å²) in [6.45, 7) is 8.31. The van der Waals surface area contributed by atoms with Gasteiger partial charge in [-0.3, -0.25) is 0 Å². The normalized spacial score (nSPS) is 22.9. The van der Waals surface area contributed by atoms with Gasteiger partial charge >= 0.3 is 0 Å². The van der Waals surface area contributed by atoms with E-state index in [4.69, 9.17) is 0 Å². The Morgan fingerprint density at radius 3 is 2.75 bits per heavy atom. The summed E-state index contributed by atoms with van der Waals surface area (Å²) < 4.78 is 0. The molecule has 0 aromatic carbocycles. The summed E-state index contributed by atoms with van der Waals surface area (Å²) in [5.74, 6) is 0.853. The zero-order valence-corrected chi connectivity index (χ0v) is 11.5. The SMILES string of the molecule is CC(C)CCCNCCC1CCCCN1C. The summed E-state index contributed by atoms with van der Waals surface area (Å²) in [5, 5.41) is 3.58. The maximum Gasteiger partial charge on any atom is 0.0104 e. The van der Waals surface area contributed by atoms with Crippen LogP contribution in [0.4, 0.5) is 0 Å². The Balaban J connectivity index is 1.94. The molecule has 1 aliphatic heterocycles. The predicted molar refractivity (Wildman–Crippen MR) is 71.8 cm³/mol. The topological polar surface area (TPSA) is 15.3 Å². The van der Waals surface area contributed by atoms with Crippen LogP contribution in [0, 0.1) is 5.92 Å². The van der Waals surface area contributed by atoms with E-state index in [1.807, 2.05) is 0 Å². The number of nitrogens with one attached hydrogen (secondary N) is 1. The van der Waals surface area contributed by atoms with Crippen LogP contribution in [-0.2, 0) is 0 Å². The predicted octanol–water partition coefficient (Wildman–Crippen LogP) is 2.89. The number of rotatable bonds is 7. The molecule has 0 aliphatic carbocycles. The van der Waals surface area contributed by atoms with E-state index >= 15 is 0 Å². The molecule has 1 fully saturated rings. The lowest BCUT2D eigenvalue weighted by molar-refractivity contribution is 0.175. The molecule has 1 rings (SSSR count). The molecular weight excluding hydrogens is 196 g/mol. The second-order valence-corrected chi connectivity index (χ2v) is 5.70. The van der Waals surface area contributed by atoms with Gasteiger partial charge < -0.3 is 10.2 Å². The summed E-state index contributed by atoms with van der Waals surface area (Å²) in [6, 6.07) is 0.839. The maximum absolute atomic E-state index is 3.58. The van der Waals surface area contributed by atoms with Gasteiger partial charge in [-0.15, -0.1) is 0 Å². The quantitative estimate of drug-likeness (QED) is 0.672. The molecule has 16 heavy (non-hydrogen) atoms. The molecule has 0 aromatic heterocycles. The highest BCUT2D eigenvalue weighted by molar-refractivity contribution is 4.74. The number of piperidine rings is 1. The number of likely N-dealkylation sites (tertiary alicyclic amines) is 1. The van der Waals surface area contributed by atoms with Crippen LogP contribution in [-0.4, -0.2) is 37.6 Å². The van der Waals surface area contributed by atoms with E-state index in [-0.39, 0.29) is 0 Å². The molecular formula is C14H30N2. The van der Waals surface area contributed by atoms with Crippen molar-refractivity contribution in [3.05, 3.63) is 0 Å². The fourth-order valence-corrected chi connectivity index (χ4v) is 2.54. The van der Waals surface area contributed by atoms with Gasteiger partial charge in [0.25, 0.3) is 0 Å². The van der Waals surface area contributed by atoms with E-state index < -0.39 is 0 Å². The summed E-state index contributed by atoms with van der Waals surface area (Å²) in [6.07, 6.45) is 8.26. The molecule has 1 heterocycles. The molecule has 2 nitrogen and oxygen atoms in total. The molecule has 1 unspecified atom stereocenters. The lowest BCUT2D eigenvalue weighted by atomic mass is 10.0. The van der Waals surface area contributed by atoms with E-state index in [1.165, 1.54) is 58.2 Å². The molecule has 1 aliphatic rings. The largest absolute Gasteiger partial charge is 0.317 e. The third-order valence-corrected chi connectivity index (χ3v) is 3.71. The van der Waals surface area contributed by atoms with Gasteiger partial charge in [-0.25, -0.2) is 0 Å². The summed E-state index contributed by atoms with van der Waals surface area (Å²) in [4.78, 5) is 2.54. The second-order valence-electron chi connectivity index (χ2n) is 5.70. The molecule has 96 valence electrons. The molecule has 1 saturated heterocycles. The first kappa shape index (κ1) is 14.0. The Morgan fingerprint density at radius 2 is 2.06 bits per heavy atom. The van der Waals surface area contributed by atoms with Crippen LogP contribution in [0.25, 0.3) is 0 Å². The summed E-state index contributed by atoms with van der Waals surface area (Å²) in [5.41, 5.74) is 0. The van der Waals surface area contributed by atoms with Gasteiger partial charge in [0.2, 0.25) is 0 Å². The number of nitrogens with zero attached hydrogens (tertiary/aromatic N) is 1. The van der Waals surface area contributed by atoms with Crippen LogP contribution in [0.3, 0.4) is 0 Å². The van der Waals surface area contributed by atoms with E-state index in [2.05, 4.69) is 31.1 Å². The van der Waals surface area contributed by atoms with Crippen LogP contribution >= 0.6 is 0 Å². The molecule has 2 heteroatoms. The average Bonchev–Trinajstić information content (AvgIpc) is 2.25. The van der Waals surface area contributed by atoms with Gasteiger partial charge in [-0.1, -0.05) is 20.3 Å². The van der Waals surface area contributed by atoms with Crippen LogP contribution in [0.2, 0.25) is 0 Å². The first-order valence-electron chi connectivity index (χ1n) is 7.11. The lowest BCUT2D eigenvalue weighted by Crippen LogP contribution is -2.38. The molecule has 0 aromatic rings. The minimum atomic E-state index is 0.839. The molecule has 0 bridgehead atoms. The van der Waals surface area contributed by atoms with Crippen LogP contribution < -0.4 is 5.32 Å². The van der Waals surface area contributed by atoms with Gasteiger partial charge in [-0.2, -0.15) is 0 Å². The Kier molecular flexibility index (Phi) is 7.06. The highest BCUT2D eigenvalue weighted by atomic mass is 15.1. The molecule has 0 radical (unpaired) electrons. The molecule has 0 saturated carbocycles. The van der Waals surface area contributed by atoms with Gasteiger partial charge in [0.15, 0.2) is 0 Å². The Labute approximate surface area is 102 Å². The van der Waals surface area contributed by atoms with E-state index in [9.17, 15) is 0 Å². The first-order chi connectivity index (χ1) is 7.70. The minimum Gasteiger partial charge on any atom is -0.317 e. The van der Waals surface area contributed by atoms with Gasteiger partial charge in [0.05, 0.1) is 0 Å². The number of hydrogen-bond acceptors (Lipinski definition) is 2. The first-order valence-corrected chi connectivity index (χ1v) is 7.11. The zero-order valence-electron chi connectivity index (χ0n) is 11.5. The van der Waals surface area contributed by atoms with Crippen molar-refractivity contribution in [3.8, 4) is 0 Å². The van der Waals surface area contributed by atoms with Crippen molar-refractivity contribution in [3.63, 3.8) is 0 Å². The smallest absolute Gasteiger partial charge is 0.0104 e. The molecule has 1 N–H and O–H groups in total. The van der Waals surface area contributed by atoms with Crippen LogP contribution in [0.5, 0.6) is 0 Å². The van der Waals surface area contributed by atoms with E-state index in [0.29, 0.717) is 0 Å². The average molecular weight is 226 g/mol.